The number of urea groups is 1. The molecule has 1 aromatic heterocycles. The Morgan fingerprint density at radius 2 is 1.94 bits per heavy atom. The highest BCUT2D eigenvalue weighted by atomic mass is 35.5. The topological polar surface area (TPSA) is 40.5 Å². The van der Waals surface area contributed by atoms with Crippen LogP contribution in [0.3, 0.4) is 0 Å². The number of likely N-dealkylation sites (N-methyl/N-ethyl adjacent to an activating group) is 1. The quantitative estimate of drug-likeness (QED) is 0.480. The van der Waals surface area contributed by atoms with Crippen LogP contribution in [0, 0.1) is 0 Å². The summed E-state index contributed by atoms with van der Waals surface area (Å²) in [6.45, 7) is 6.41. The normalized spacial score (nSPS) is 17.6. The molecule has 0 saturated heterocycles. The Labute approximate surface area is 204 Å². The predicted octanol–water partition coefficient (Wildman–Crippen LogP) is 6.09. The minimum Gasteiger partial charge on any atom is -0.324 e. The van der Waals surface area contributed by atoms with Crippen LogP contribution in [-0.4, -0.2) is 53.2 Å². The summed E-state index contributed by atoms with van der Waals surface area (Å²) in [5, 5.41) is 3.04. The lowest BCUT2D eigenvalue weighted by atomic mass is 9.82. The number of carbonyl (C=O) groups excluding carboxylic acids is 1. The summed E-state index contributed by atoms with van der Waals surface area (Å²) in [6.07, 6.45) is 4.40. The maximum Gasteiger partial charge on any atom is 0.336 e. The molecule has 1 atom stereocenters. The maximum absolute atomic E-state index is 13.1. The van der Waals surface area contributed by atoms with Gasteiger partial charge in [0.2, 0.25) is 0 Å². The van der Waals surface area contributed by atoms with E-state index in [0.29, 0.717) is 19.1 Å². The number of fused-ring (bicyclic) bond motifs is 2. The Hall–Kier alpha value is -2.41. The van der Waals surface area contributed by atoms with Crippen LogP contribution in [0.1, 0.15) is 31.4 Å². The van der Waals surface area contributed by atoms with Crippen molar-refractivity contribution in [1.82, 2.24) is 14.5 Å². The number of halogens is 1. The number of nitrogens with one attached hydrogen (secondary N) is 1. The standard InChI is InChI=1S/C26H29ClN4OS/c1-4-30(5-2)26(32)28-31-22-10-6-8-20-19-9-7-15-29(3)23(19)16-21(24(20)22)25(31)33-18-13-11-17(27)12-14-18/h6,8-14,23H,4-5,7,15-16H2,1-3H3,(H,28,32)/t23-/m1/s1. The Bertz CT molecular complexity index is 1230. The lowest BCUT2D eigenvalue weighted by Gasteiger charge is -2.37. The van der Waals surface area contributed by atoms with Gasteiger partial charge in [0.15, 0.2) is 0 Å². The van der Waals surface area contributed by atoms with Gasteiger partial charge in [-0.25, -0.2) is 14.9 Å². The molecular formula is C26H29ClN4OS. The zero-order valence-corrected chi connectivity index (χ0v) is 20.8. The molecule has 2 aliphatic rings. The average Bonchev–Trinajstić information content (AvgIpc) is 3.10. The van der Waals surface area contributed by atoms with E-state index in [1.807, 2.05) is 47.7 Å². The molecule has 1 aliphatic carbocycles. The van der Waals surface area contributed by atoms with Gasteiger partial charge in [-0.1, -0.05) is 41.6 Å². The van der Waals surface area contributed by atoms with Gasteiger partial charge in [-0.3, -0.25) is 4.90 Å². The van der Waals surface area contributed by atoms with Crippen LogP contribution in [0.15, 0.2) is 58.5 Å². The van der Waals surface area contributed by atoms with Gasteiger partial charge in [0, 0.05) is 41.0 Å². The number of hydrogen-bond donors (Lipinski definition) is 1. The number of benzene rings is 2. The van der Waals surface area contributed by atoms with Crippen LogP contribution < -0.4 is 5.43 Å². The number of aromatic nitrogens is 1. The predicted molar refractivity (Wildman–Crippen MR) is 138 cm³/mol. The molecule has 1 N–H and O–H groups in total. The van der Waals surface area contributed by atoms with Crippen LogP contribution in [0.4, 0.5) is 4.79 Å². The van der Waals surface area contributed by atoms with E-state index in [1.54, 1.807) is 11.8 Å². The van der Waals surface area contributed by atoms with Gasteiger partial charge in [-0.05, 0) is 80.8 Å². The highest BCUT2D eigenvalue weighted by Gasteiger charge is 2.34. The van der Waals surface area contributed by atoms with Crippen molar-refractivity contribution in [3.63, 3.8) is 0 Å². The van der Waals surface area contributed by atoms with Crippen LogP contribution >= 0.6 is 23.4 Å². The van der Waals surface area contributed by atoms with Gasteiger partial charge in [-0.2, -0.15) is 0 Å². The van der Waals surface area contributed by atoms with Gasteiger partial charge in [-0.15, -0.1) is 0 Å². The Morgan fingerprint density at radius 1 is 1.18 bits per heavy atom. The molecule has 1 aliphatic heterocycles. The fraction of sp³-hybridized carbons (Fsp3) is 0.346. The van der Waals surface area contributed by atoms with Crippen molar-refractivity contribution >= 4 is 45.9 Å². The number of carbonyl (C=O) groups is 1. The summed E-state index contributed by atoms with van der Waals surface area (Å²) in [4.78, 5) is 18.5. The summed E-state index contributed by atoms with van der Waals surface area (Å²) >= 11 is 7.82. The summed E-state index contributed by atoms with van der Waals surface area (Å²) in [6, 6.07) is 14.6. The molecule has 0 saturated carbocycles. The van der Waals surface area contributed by atoms with Crippen molar-refractivity contribution < 1.29 is 4.79 Å². The Morgan fingerprint density at radius 3 is 2.67 bits per heavy atom. The lowest BCUT2D eigenvalue weighted by molar-refractivity contribution is 0.214. The summed E-state index contributed by atoms with van der Waals surface area (Å²) in [7, 11) is 2.22. The third kappa shape index (κ3) is 3.94. The average molecular weight is 481 g/mol. The van der Waals surface area contributed by atoms with E-state index in [0.717, 1.165) is 39.8 Å². The molecule has 0 radical (unpaired) electrons. The monoisotopic (exact) mass is 480 g/mol. The molecule has 5 rings (SSSR count). The second-order valence-electron chi connectivity index (χ2n) is 8.61. The first-order valence-corrected chi connectivity index (χ1v) is 12.8. The van der Waals surface area contributed by atoms with E-state index in [4.69, 9.17) is 11.6 Å². The minimum absolute atomic E-state index is 0.0835. The van der Waals surface area contributed by atoms with E-state index in [2.05, 4.69) is 41.6 Å². The zero-order chi connectivity index (χ0) is 23.1. The molecule has 2 aromatic carbocycles. The third-order valence-electron chi connectivity index (χ3n) is 6.78. The molecule has 2 heterocycles. The maximum atomic E-state index is 13.1. The first-order chi connectivity index (χ1) is 16.0. The summed E-state index contributed by atoms with van der Waals surface area (Å²) < 4.78 is 2.01. The van der Waals surface area contributed by atoms with Gasteiger partial charge in [0.25, 0.3) is 0 Å². The van der Waals surface area contributed by atoms with Gasteiger partial charge >= 0.3 is 6.03 Å². The summed E-state index contributed by atoms with van der Waals surface area (Å²) in [5.41, 5.74) is 8.27. The number of amides is 2. The molecule has 0 spiro atoms. The molecule has 33 heavy (non-hydrogen) atoms. The van der Waals surface area contributed by atoms with Crippen molar-refractivity contribution in [2.24, 2.45) is 0 Å². The second kappa shape index (κ2) is 9.09. The van der Waals surface area contributed by atoms with E-state index in [9.17, 15) is 4.79 Å². The molecule has 172 valence electrons. The first-order valence-electron chi connectivity index (χ1n) is 11.6. The minimum atomic E-state index is -0.0835. The molecule has 5 nitrogen and oxygen atoms in total. The molecule has 2 amide bonds. The number of hydrogen-bond acceptors (Lipinski definition) is 3. The lowest BCUT2D eigenvalue weighted by Crippen LogP contribution is -2.39. The molecule has 0 unspecified atom stereocenters. The van der Waals surface area contributed by atoms with Crippen molar-refractivity contribution in [3.8, 4) is 0 Å². The van der Waals surface area contributed by atoms with E-state index in [1.165, 1.54) is 22.1 Å². The number of rotatable bonds is 5. The van der Waals surface area contributed by atoms with Crippen molar-refractivity contribution in [2.45, 2.75) is 42.7 Å². The molecule has 0 fully saturated rings. The molecule has 0 bridgehead atoms. The SMILES string of the molecule is CCN(CC)C(=O)Nn1c(Sc2ccc(Cl)cc2)c2c3c(cccc31)C1=CCCN(C)[C@@H]1C2. The smallest absolute Gasteiger partial charge is 0.324 e. The Kier molecular flexibility index (Phi) is 6.16. The van der Waals surface area contributed by atoms with Crippen molar-refractivity contribution in [2.75, 3.05) is 32.1 Å². The van der Waals surface area contributed by atoms with Gasteiger partial charge in [0.05, 0.1) is 5.52 Å². The molecule has 3 aromatic rings. The van der Waals surface area contributed by atoms with E-state index < -0.39 is 0 Å². The van der Waals surface area contributed by atoms with E-state index in [-0.39, 0.29) is 6.03 Å². The van der Waals surface area contributed by atoms with Crippen molar-refractivity contribution in [3.05, 3.63) is 64.7 Å². The van der Waals surface area contributed by atoms with Gasteiger partial charge < -0.3 is 4.90 Å². The van der Waals surface area contributed by atoms with Crippen molar-refractivity contribution in [1.29, 1.82) is 0 Å². The summed E-state index contributed by atoms with van der Waals surface area (Å²) in [5.74, 6) is 0. The van der Waals surface area contributed by atoms with Crippen LogP contribution in [0.2, 0.25) is 5.02 Å². The number of nitrogens with zero attached hydrogens (tertiary/aromatic N) is 3. The van der Waals surface area contributed by atoms with Gasteiger partial charge in [0.1, 0.15) is 5.03 Å². The van der Waals surface area contributed by atoms with Crippen LogP contribution in [0.25, 0.3) is 16.5 Å². The molecular weight excluding hydrogens is 452 g/mol. The van der Waals surface area contributed by atoms with E-state index >= 15 is 0 Å². The van der Waals surface area contributed by atoms with Crippen LogP contribution in [0.5, 0.6) is 0 Å². The first kappa shape index (κ1) is 22.4. The fourth-order valence-electron chi connectivity index (χ4n) is 5.04. The second-order valence-corrected chi connectivity index (χ2v) is 10.1. The molecule has 7 heteroatoms. The fourth-order valence-corrected chi connectivity index (χ4v) is 6.20. The highest BCUT2D eigenvalue weighted by molar-refractivity contribution is 7.99. The van der Waals surface area contributed by atoms with Crippen LogP contribution in [-0.2, 0) is 6.42 Å². The third-order valence-corrected chi connectivity index (χ3v) is 8.16. The zero-order valence-electron chi connectivity index (χ0n) is 19.3. The highest BCUT2D eigenvalue weighted by Crippen LogP contribution is 2.46. The largest absolute Gasteiger partial charge is 0.336 e. The Balaban J connectivity index is 1.69.